The summed E-state index contributed by atoms with van der Waals surface area (Å²) < 4.78 is 4.78. The summed E-state index contributed by atoms with van der Waals surface area (Å²) in [4.78, 5) is 18.1. The highest BCUT2D eigenvalue weighted by Crippen LogP contribution is 2.18. The van der Waals surface area contributed by atoms with Crippen LogP contribution in [-0.4, -0.2) is 15.9 Å². The fraction of sp³-hybridized carbons (Fsp3) is 0.0400. The minimum atomic E-state index is -0.199. The van der Waals surface area contributed by atoms with E-state index in [0.717, 1.165) is 11.1 Å². The average molecular weight is 380 g/mol. The van der Waals surface area contributed by atoms with E-state index < -0.39 is 0 Å². The van der Waals surface area contributed by atoms with Gasteiger partial charge in [-0.25, -0.2) is 4.79 Å². The van der Waals surface area contributed by atoms with Crippen LogP contribution in [0.4, 0.5) is 0 Å². The lowest BCUT2D eigenvalue weighted by Gasteiger charge is -1.91. The van der Waals surface area contributed by atoms with Gasteiger partial charge in [-0.1, -0.05) is 60.7 Å². The van der Waals surface area contributed by atoms with Crippen LogP contribution in [-0.2, 0) is 11.3 Å². The van der Waals surface area contributed by atoms with Crippen LogP contribution in [0.5, 0.6) is 0 Å². The normalized spacial score (nSPS) is 11.7. The van der Waals surface area contributed by atoms with E-state index in [9.17, 15) is 4.79 Å². The van der Waals surface area contributed by atoms with Gasteiger partial charge in [-0.05, 0) is 35.7 Å². The molecule has 0 bridgehead atoms. The Kier molecular flexibility index (Phi) is 5.63. The van der Waals surface area contributed by atoms with Crippen LogP contribution in [0.3, 0.4) is 0 Å². The van der Waals surface area contributed by atoms with Crippen LogP contribution in [0.25, 0.3) is 21.8 Å². The van der Waals surface area contributed by atoms with E-state index in [2.05, 4.69) is 40.3 Å². The molecule has 4 heteroatoms. The molecule has 142 valence electrons. The molecular weight excluding hydrogens is 360 g/mol. The van der Waals surface area contributed by atoms with E-state index in [4.69, 9.17) is 4.74 Å². The number of carbonyl (C=O) groups is 1. The number of rotatable bonds is 0. The zero-order valence-electron chi connectivity index (χ0n) is 15.8. The fourth-order valence-corrected chi connectivity index (χ4v) is 3.08. The van der Waals surface area contributed by atoms with E-state index in [-0.39, 0.29) is 5.97 Å². The molecule has 1 aliphatic heterocycles. The van der Waals surface area contributed by atoms with Gasteiger partial charge in [0.15, 0.2) is 0 Å². The van der Waals surface area contributed by atoms with Crippen molar-refractivity contribution in [2.75, 3.05) is 0 Å². The molecule has 0 saturated carbocycles. The van der Waals surface area contributed by atoms with E-state index >= 15 is 0 Å². The SMILES string of the molecule is O=C1OCc2ccccc21.c1ccc2[nH]ccc2c1.c1ccc2ncccc2c1. The molecule has 6 rings (SSSR count). The number of nitrogens with zero attached hydrogens (tertiary/aromatic N) is 1. The third kappa shape index (κ3) is 4.50. The van der Waals surface area contributed by atoms with E-state index in [1.807, 2.05) is 67.0 Å². The Hall–Kier alpha value is -3.92. The molecule has 0 saturated heterocycles. The number of aromatic nitrogens is 2. The van der Waals surface area contributed by atoms with Gasteiger partial charge < -0.3 is 9.72 Å². The first-order valence-electron chi connectivity index (χ1n) is 9.38. The number of H-pyrrole nitrogens is 1. The monoisotopic (exact) mass is 380 g/mol. The van der Waals surface area contributed by atoms with Gasteiger partial charge in [0, 0.05) is 28.9 Å². The highest BCUT2D eigenvalue weighted by atomic mass is 16.5. The molecule has 0 amide bonds. The predicted molar refractivity (Wildman–Crippen MR) is 116 cm³/mol. The van der Waals surface area contributed by atoms with Crippen molar-refractivity contribution in [1.82, 2.24) is 9.97 Å². The number of ether oxygens (including phenoxy) is 1. The van der Waals surface area contributed by atoms with Gasteiger partial charge in [0.2, 0.25) is 0 Å². The van der Waals surface area contributed by atoms with Gasteiger partial charge in [-0.15, -0.1) is 0 Å². The van der Waals surface area contributed by atoms with Crippen molar-refractivity contribution in [1.29, 1.82) is 0 Å². The molecule has 0 spiro atoms. The summed E-state index contributed by atoms with van der Waals surface area (Å²) in [5.74, 6) is -0.199. The maximum Gasteiger partial charge on any atom is 0.338 e. The molecule has 0 atom stereocenters. The Morgan fingerprint density at radius 1 is 0.759 bits per heavy atom. The summed E-state index contributed by atoms with van der Waals surface area (Å²) in [5.41, 5.74) is 3.97. The highest BCUT2D eigenvalue weighted by molar-refractivity contribution is 5.93. The lowest BCUT2D eigenvalue weighted by molar-refractivity contribution is 0.0535. The highest BCUT2D eigenvalue weighted by Gasteiger charge is 2.18. The van der Waals surface area contributed by atoms with Crippen molar-refractivity contribution in [2.24, 2.45) is 0 Å². The minimum Gasteiger partial charge on any atom is -0.457 e. The van der Waals surface area contributed by atoms with Gasteiger partial charge in [0.1, 0.15) is 6.61 Å². The van der Waals surface area contributed by atoms with E-state index in [1.54, 1.807) is 6.07 Å². The van der Waals surface area contributed by atoms with E-state index in [0.29, 0.717) is 12.2 Å². The summed E-state index contributed by atoms with van der Waals surface area (Å²) in [6.45, 7) is 0.439. The Morgan fingerprint density at radius 2 is 1.48 bits per heavy atom. The first kappa shape index (κ1) is 18.4. The molecule has 0 radical (unpaired) electrons. The molecule has 2 aromatic heterocycles. The Morgan fingerprint density at radius 3 is 2.31 bits per heavy atom. The molecule has 0 unspecified atom stereocenters. The second-order valence-corrected chi connectivity index (χ2v) is 6.49. The first-order valence-corrected chi connectivity index (χ1v) is 9.38. The van der Waals surface area contributed by atoms with E-state index in [1.165, 1.54) is 16.3 Å². The maximum absolute atomic E-state index is 10.8. The van der Waals surface area contributed by atoms with Crippen molar-refractivity contribution in [3.63, 3.8) is 0 Å². The molecular formula is C25H20N2O2. The number of esters is 1. The zero-order valence-corrected chi connectivity index (χ0v) is 15.8. The van der Waals surface area contributed by atoms with Gasteiger partial charge in [-0.2, -0.15) is 0 Å². The van der Waals surface area contributed by atoms with Crippen molar-refractivity contribution in [3.05, 3.63) is 115 Å². The largest absolute Gasteiger partial charge is 0.457 e. The van der Waals surface area contributed by atoms with Crippen molar-refractivity contribution >= 4 is 27.8 Å². The lowest BCUT2D eigenvalue weighted by Crippen LogP contribution is -1.91. The standard InChI is InChI=1S/C9H7N.C8H7N.C8H6O2/c1-2-6-9-8(4-1)5-3-7-10-9;1-2-4-8-7(3-1)5-6-9-8;9-8-7-4-2-1-3-6(7)5-10-8/h1-7H;1-6,9H;1-4H,5H2. The third-order valence-corrected chi connectivity index (χ3v) is 4.57. The number of hydrogen-bond donors (Lipinski definition) is 1. The number of carbonyl (C=O) groups excluding carboxylic acids is 1. The smallest absolute Gasteiger partial charge is 0.338 e. The van der Waals surface area contributed by atoms with Crippen LogP contribution in [0.15, 0.2) is 103 Å². The molecule has 0 aliphatic carbocycles. The van der Waals surface area contributed by atoms with Crippen LogP contribution in [0.2, 0.25) is 0 Å². The summed E-state index contributed by atoms with van der Waals surface area (Å²) >= 11 is 0. The van der Waals surface area contributed by atoms with Crippen molar-refractivity contribution in [3.8, 4) is 0 Å². The fourth-order valence-electron chi connectivity index (χ4n) is 3.08. The molecule has 1 aliphatic rings. The minimum absolute atomic E-state index is 0.199. The molecule has 0 fully saturated rings. The second-order valence-electron chi connectivity index (χ2n) is 6.49. The molecule has 3 heterocycles. The van der Waals surface area contributed by atoms with Crippen LogP contribution < -0.4 is 0 Å². The van der Waals surface area contributed by atoms with Crippen molar-refractivity contribution in [2.45, 2.75) is 6.61 Å². The number of fused-ring (bicyclic) bond motifs is 3. The van der Waals surface area contributed by atoms with Crippen LogP contribution in [0, 0.1) is 0 Å². The lowest BCUT2D eigenvalue weighted by atomic mass is 10.1. The van der Waals surface area contributed by atoms with Gasteiger partial charge in [-0.3, -0.25) is 4.98 Å². The third-order valence-electron chi connectivity index (χ3n) is 4.57. The topological polar surface area (TPSA) is 55.0 Å². The molecule has 5 aromatic rings. The van der Waals surface area contributed by atoms with Crippen LogP contribution in [0.1, 0.15) is 15.9 Å². The number of benzene rings is 3. The number of cyclic esters (lactones) is 1. The Labute approximate surface area is 168 Å². The Balaban J connectivity index is 0.000000106. The summed E-state index contributed by atoms with van der Waals surface area (Å²) in [6, 6.07) is 29.8. The second kappa shape index (κ2) is 8.85. The predicted octanol–water partition coefficient (Wildman–Crippen LogP) is 5.76. The average Bonchev–Trinajstić information content (AvgIpc) is 3.42. The van der Waals surface area contributed by atoms with Gasteiger partial charge in [0.05, 0.1) is 11.1 Å². The van der Waals surface area contributed by atoms with Crippen LogP contribution >= 0.6 is 0 Å². The first-order chi connectivity index (χ1) is 14.3. The number of hydrogen-bond acceptors (Lipinski definition) is 3. The van der Waals surface area contributed by atoms with Gasteiger partial charge >= 0.3 is 5.97 Å². The number of pyridine rings is 1. The number of aromatic amines is 1. The number of para-hydroxylation sites is 2. The quantitative estimate of drug-likeness (QED) is 0.348. The molecule has 1 N–H and O–H groups in total. The maximum atomic E-state index is 10.8. The summed E-state index contributed by atoms with van der Waals surface area (Å²) in [7, 11) is 0. The number of nitrogens with one attached hydrogen (secondary N) is 1. The van der Waals surface area contributed by atoms with Crippen molar-refractivity contribution < 1.29 is 9.53 Å². The zero-order chi connectivity index (χ0) is 19.9. The summed E-state index contributed by atoms with van der Waals surface area (Å²) in [5, 5.41) is 2.47. The summed E-state index contributed by atoms with van der Waals surface area (Å²) in [6.07, 6.45) is 3.76. The molecule has 4 nitrogen and oxygen atoms in total. The molecule has 29 heavy (non-hydrogen) atoms. The van der Waals surface area contributed by atoms with Gasteiger partial charge in [0.25, 0.3) is 0 Å². The molecule has 3 aromatic carbocycles. The Bertz CT molecular complexity index is 1150.